The molecule has 1 aromatic carbocycles. The molecule has 6 heteroatoms. The molecule has 0 unspecified atom stereocenters. The SMILES string of the molecule is NC(=O)c1c(OCc2ccccc2)ccnc1NCCc1ccncc1. The zero-order chi connectivity index (χ0) is 18.2. The van der Waals surface area contributed by atoms with Gasteiger partial charge in [-0.05, 0) is 35.7 Å². The number of anilines is 1. The van der Waals surface area contributed by atoms with Crippen LogP contribution in [0.1, 0.15) is 21.5 Å². The Morgan fingerprint density at radius 2 is 1.77 bits per heavy atom. The van der Waals surface area contributed by atoms with Crippen LogP contribution in [0.3, 0.4) is 0 Å². The second kappa shape index (κ2) is 8.62. The third kappa shape index (κ3) is 4.57. The van der Waals surface area contributed by atoms with Crippen molar-refractivity contribution >= 4 is 11.7 Å². The van der Waals surface area contributed by atoms with Crippen LogP contribution < -0.4 is 15.8 Å². The number of amides is 1. The number of carbonyl (C=O) groups is 1. The highest BCUT2D eigenvalue weighted by atomic mass is 16.5. The number of carbonyl (C=O) groups excluding carboxylic acids is 1. The summed E-state index contributed by atoms with van der Waals surface area (Å²) in [5, 5.41) is 3.17. The Balaban J connectivity index is 1.70. The lowest BCUT2D eigenvalue weighted by Crippen LogP contribution is -2.18. The number of hydrogen-bond acceptors (Lipinski definition) is 5. The standard InChI is InChI=1S/C20H20N4O2/c21-19(25)18-17(26-14-16-4-2-1-3-5-16)9-13-24-20(18)23-12-8-15-6-10-22-11-7-15/h1-7,9-11,13H,8,12,14H2,(H2,21,25)(H,23,24). The van der Waals surface area contributed by atoms with Crippen molar-refractivity contribution in [2.75, 3.05) is 11.9 Å². The molecule has 2 heterocycles. The number of rotatable bonds is 8. The Morgan fingerprint density at radius 1 is 1.00 bits per heavy atom. The fourth-order valence-electron chi connectivity index (χ4n) is 2.55. The Hall–Kier alpha value is -3.41. The lowest BCUT2D eigenvalue weighted by molar-refractivity contribution is 0.0996. The minimum Gasteiger partial charge on any atom is -0.488 e. The number of benzene rings is 1. The van der Waals surface area contributed by atoms with E-state index in [0.29, 0.717) is 24.7 Å². The van der Waals surface area contributed by atoms with E-state index in [1.165, 1.54) is 0 Å². The highest BCUT2D eigenvalue weighted by Gasteiger charge is 2.16. The van der Waals surface area contributed by atoms with Crippen molar-refractivity contribution in [3.05, 3.63) is 83.8 Å². The monoisotopic (exact) mass is 348 g/mol. The molecule has 6 nitrogen and oxygen atoms in total. The van der Waals surface area contributed by atoms with Gasteiger partial charge in [0, 0.05) is 25.1 Å². The molecule has 3 N–H and O–H groups in total. The lowest BCUT2D eigenvalue weighted by atomic mass is 10.2. The summed E-state index contributed by atoms with van der Waals surface area (Å²) in [7, 11) is 0. The Kier molecular flexibility index (Phi) is 5.77. The van der Waals surface area contributed by atoms with Crippen molar-refractivity contribution in [1.29, 1.82) is 0 Å². The second-order valence-electron chi connectivity index (χ2n) is 5.70. The molecule has 0 fully saturated rings. The van der Waals surface area contributed by atoms with Gasteiger partial charge >= 0.3 is 0 Å². The third-order valence-corrected chi connectivity index (χ3v) is 3.85. The summed E-state index contributed by atoms with van der Waals surface area (Å²) < 4.78 is 5.80. The molecule has 3 rings (SSSR count). The zero-order valence-electron chi connectivity index (χ0n) is 14.3. The minimum atomic E-state index is -0.576. The van der Waals surface area contributed by atoms with E-state index in [1.807, 2.05) is 42.5 Å². The van der Waals surface area contributed by atoms with Crippen molar-refractivity contribution < 1.29 is 9.53 Å². The first-order valence-electron chi connectivity index (χ1n) is 8.32. The number of primary amides is 1. The third-order valence-electron chi connectivity index (χ3n) is 3.85. The number of nitrogens with two attached hydrogens (primary N) is 1. The highest BCUT2D eigenvalue weighted by Crippen LogP contribution is 2.25. The van der Waals surface area contributed by atoms with Crippen molar-refractivity contribution in [3.8, 4) is 5.75 Å². The van der Waals surface area contributed by atoms with E-state index in [2.05, 4.69) is 15.3 Å². The quantitative estimate of drug-likeness (QED) is 0.653. The number of pyridine rings is 2. The molecule has 1 amide bonds. The van der Waals surface area contributed by atoms with Gasteiger partial charge in [0.2, 0.25) is 0 Å². The van der Waals surface area contributed by atoms with Gasteiger partial charge in [-0.25, -0.2) is 4.98 Å². The topological polar surface area (TPSA) is 90.1 Å². The van der Waals surface area contributed by atoms with Crippen LogP contribution in [0.5, 0.6) is 5.75 Å². The molecule has 0 saturated heterocycles. The van der Waals surface area contributed by atoms with E-state index in [1.54, 1.807) is 24.7 Å². The van der Waals surface area contributed by atoms with Crippen LogP contribution >= 0.6 is 0 Å². The van der Waals surface area contributed by atoms with Gasteiger partial charge in [-0.3, -0.25) is 9.78 Å². The van der Waals surface area contributed by atoms with Crippen LogP contribution in [-0.2, 0) is 13.0 Å². The molecule has 3 aromatic rings. The average Bonchev–Trinajstić information content (AvgIpc) is 2.68. The summed E-state index contributed by atoms with van der Waals surface area (Å²) in [5.41, 5.74) is 7.97. The number of aromatic nitrogens is 2. The van der Waals surface area contributed by atoms with Crippen LogP contribution in [0.15, 0.2) is 67.1 Å². The van der Waals surface area contributed by atoms with Crippen molar-refractivity contribution in [2.24, 2.45) is 5.73 Å². The normalized spacial score (nSPS) is 10.3. The average molecular weight is 348 g/mol. The fourth-order valence-corrected chi connectivity index (χ4v) is 2.55. The molecule has 0 aliphatic heterocycles. The van der Waals surface area contributed by atoms with Crippen LogP contribution in [0.2, 0.25) is 0 Å². The maximum Gasteiger partial charge on any atom is 0.256 e. The van der Waals surface area contributed by atoms with E-state index in [0.717, 1.165) is 17.5 Å². The summed E-state index contributed by atoms with van der Waals surface area (Å²) in [6, 6.07) is 15.3. The summed E-state index contributed by atoms with van der Waals surface area (Å²) in [5.74, 6) is 0.271. The van der Waals surface area contributed by atoms with Crippen LogP contribution in [0, 0.1) is 0 Å². The molecule has 132 valence electrons. The first-order chi connectivity index (χ1) is 12.7. The van der Waals surface area contributed by atoms with E-state index < -0.39 is 5.91 Å². The van der Waals surface area contributed by atoms with E-state index >= 15 is 0 Å². The predicted molar refractivity (Wildman–Crippen MR) is 100.0 cm³/mol. The molecule has 26 heavy (non-hydrogen) atoms. The highest BCUT2D eigenvalue weighted by molar-refractivity contribution is 6.00. The summed E-state index contributed by atoms with van der Waals surface area (Å²) in [4.78, 5) is 20.2. The molecule has 0 bridgehead atoms. The van der Waals surface area contributed by atoms with Crippen LogP contribution in [0.25, 0.3) is 0 Å². The van der Waals surface area contributed by atoms with E-state index in [4.69, 9.17) is 10.5 Å². The predicted octanol–water partition coefficient (Wildman–Crippen LogP) is 2.81. The Bertz CT molecular complexity index is 854. The fraction of sp³-hybridized carbons (Fsp3) is 0.150. The number of hydrogen-bond donors (Lipinski definition) is 2. The number of nitrogens with one attached hydrogen (secondary N) is 1. The summed E-state index contributed by atoms with van der Waals surface area (Å²) >= 11 is 0. The van der Waals surface area contributed by atoms with Gasteiger partial charge in [0.25, 0.3) is 5.91 Å². The van der Waals surface area contributed by atoms with E-state index in [-0.39, 0.29) is 5.56 Å². The van der Waals surface area contributed by atoms with Gasteiger partial charge in [-0.1, -0.05) is 30.3 Å². The molecule has 0 spiro atoms. The summed E-state index contributed by atoms with van der Waals surface area (Å²) in [6.45, 7) is 0.959. The zero-order valence-corrected chi connectivity index (χ0v) is 14.3. The van der Waals surface area contributed by atoms with Gasteiger partial charge in [0.1, 0.15) is 23.7 Å². The minimum absolute atomic E-state index is 0.262. The molecule has 0 aliphatic carbocycles. The number of nitrogens with zero attached hydrogens (tertiary/aromatic N) is 2. The molecule has 2 aromatic heterocycles. The molecular formula is C20H20N4O2. The van der Waals surface area contributed by atoms with E-state index in [9.17, 15) is 4.79 Å². The first-order valence-corrected chi connectivity index (χ1v) is 8.32. The maximum atomic E-state index is 11.9. The van der Waals surface area contributed by atoms with Crippen molar-refractivity contribution in [1.82, 2.24) is 9.97 Å². The van der Waals surface area contributed by atoms with Gasteiger partial charge in [0.05, 0.1) is 0 Å². The smallest absolute Gasteiger partial charge is 0.256 e. The molecular weight excluding hydrogens is 328 g/mol. The van der Waals surface area contributed by atoms with Gasteiger partial charge in [0.15, 0.2) is 0 Å². The molecule has 0 radical (unpaired) electrons. The Labute approximate surface area is 152 Å². The molecule has 0 atom stereocenters. The van der Waals surface area contributed by atoms with Crippen molar-refractivity contribution in [2.45, 2.75) is 13.0 Å². The van der Waals surface area contributed by atoms with Crippen molar-refractivity contribution in [3.63, 3.8) is 0 Å². The van der Waals surface area contributed by atoms with Gasteiger partial charge in [-0.2, -0.15) is 0 Å². The first kappa shape index (κ1) is 17.4. The van der Waals surface area contributed by atoms with Crippen LogP contribution in [-0.4, -0.2) is 22.4 Å². The molecule has 0 aliphatic rings. The summed E-state index contributed by atoms with van der Waals surface area (Å²) in [6.07, 6.45) is 5.87. The van der Waals surface area contributed by atoms with Crippen LogP contribution in [0.4, 0.5) is 5.82 Å². The second-order valence-corrected chi connectivity index (χ2v) is 5.70. The molecule has 0 saturated carbocycles. The van der Waals surface area contributed by atoms with Gasteiger partial charge < -0.3 is 15.8 Å². The number of ether oxygens (including phenoxy) is 1. The Morgan fingerprint density at radius 3 is 2.50 bits per heavy atom. The largest absolute Gasteiger partial charge is 0.488 e. The maximum absolute atomic E-state index is 11.9. The lowest BCUT2D eigenvalue weighted by Gasteiger charge is -2.14. The van der Waals surface area contributed by atoms with Gasteiger partial charge in [-0.15, -0.1) is 0 Å².